The first kappa shape index (κ1) is 22.8. The molecule has 1 aliphatic rings. The molecule has 1 aliphatic heterocycles. The van der Waals surface area contributed by atoms with E-state index < -0.39 is 17.3 Å². The van der Waals surface area contributed by atoms with Crippen molar-refractivity contribution in [3.05, 3.63) is 56.7 Å². The molecule has 1 aromatic carbocycles. The second kappa shape index (κ2) is 9.22. The molecule has 3 heterocycles. The van der Waals surface area contributed by atoms with Crippen LogP contribution in [0.15, 0.2) is 39.9 Å². The molecule has 0 fully saturated rings. The summed E-state index contributed by atoms with van der Waals surface area (Å²) in [6.07, 6.45) is 0. The van der Waals surface area contributed by atoms with Crippen LogP contribution in [0.5, 0.6) is 0 Å². The van der Waals surface area contributed by atoms with Gasteiger partial charge in [-0.05, 0) is 18.7 Å². The van der Waals surface area contributed by atoms with Crippen molar-refractivity contribution in [2.75, 3.05) is 31.1 Å². The summed E-state index contributed by atoms with van der Waals surface area (Å²) in [6, 6.07) is 9.33. The van der Waals surface area contributed by atoms with Gasteiger partial charge in [0, 0.05) is 33.7 Å². The Kier molecular flexibility index (Phi) is 6.37. The predicted molar refractivity (Wildman–Crippen MR) is 127 cm³/mol. The zero-order valence-electron chi connectivity index (χ0n) is 19.6. The van der Waals surface area contributed by atoms with Gasteiger partial charge in [0.05, 0.1) is 6.54 Å². The highest BCUT2D eigenvalue weighted by molar-refractivity contribution is 5.87. The fourth-order valence-electron chi connectivity index (χ4n) is 4.42. The summed E-state index contributed by atoms with van der Waals surface area (Å²) in [5, 5.41) is 3.06. The lowest BCUT2D eigenvalue weighted by Crippen LogP contribution is -2.47. The van der Waals surface area contributed by atoms with Crippen molar-refractivity contribution in [2.45, 2.75) is 33.0 Å². The Morgan fingerprint density at radius 2 is 1.82 bits per heavy atom. The van der Waals surface area contributed by atoms with E-state index in [1.165, 1.54) is 11.6 Å². The van der Waals surface area contributed by atoms with Crippen molar-refractivity contribution in [1.29, 1.82) is 0 Å². The van der Waals surface area contributed by atoms with Gasteiger partial charge in [0.25, 0.3) is 5.56 Å². The molecule has 0 bridgehead atoms. The number of rotatable bonds is 8. The molecule has 2 aromatic heterocycles. The van der Waals surface area contributed by atoms with Gasteiger partial charge in [-0.1, -0.05) is 44.2 Å². The number of nitrogens with one attached hydrogen (secondary N) is 1. The monoisotopic (exact) mass is 453 g/mol. The summed E-state index contributed by atoms with van der Waals surface area (Å²) in [7, 11) is 3.06. The predicted octanol–water partition coefficient (Wildman–Crippen LogP) is 0.281. The van der Waals surface area contributed by atoms with Gasteiger partial charge in [-0.25, -0.2) is 4.79 Å². The SMILES string of the molecule is CCN(CC)CCNC(=O)C1Cn2c(nc3c2c(=O)n(C)c(=O)n3C)N1Cc1ccccc1. The van der Waals surface area contributed by atoms with E-state index >= 15 is 0 Å². The molecule has 1 atom stereocenters. The van der Waals surface area contributed by atoms with E-state index in [2.05, 4.69) is 29.0 Å². The number of hydrogen-bond donors (Lipinski definition) is 1. The van der Waals surface area contributed by atoms with E-state index in [4.69, 9.17) is 0 Å². The average molecular weight is 454 g/mol. The molecule has 176 valence electrons. The Labute approximate surface area is 192 Å². The van der Waals surface area contributed by atoms with Crippen LogP contribution in [0.2, 0.25) is 0 Å². The summed E-state index contributed by atoms with van der Waals surface area (Å²) in [4.78, 5) is 47.4. The van der Waals surface area contributed by atoms with Gasteiger partial charge >= 0.3 is 5.69 Å². The first-order valence-electron chi connectivity index (χ1n) is 11.3. The molecular formula is C23H31N7O3. The molecular weight excluding hydrogens is 422 g/mol. The maximum atomic E-state index is 13.2. The lowest BCUT2D eigenvalue weighted by Gasteiger charge is -2.25. The third-order valence-corrected chi connectivity index (χ3v) is 6.44. The number of hydrogen-bond acceptors (Lipinski definition) is 6. The fourth-order valence-corrected chi connectivity index (χ4v) is 4.42. The second-order valence-corrected chi connectivity index (χ2v) is 8.35. The molecule has 10 nitrogen and oxygen atoms in total. The number of amides is 1. The Morgan fingerprint density at radius 3 is 2.48 bits per heavy atom. The van der Waals surface area contributed by atoms with Crippen LogP contribution in [0.1, 0.15) is 19.4 Å². The highest BCUT2D eigenvalue weighted by Gasteiger charge is 2.38. The zero-order chi connectivity index (χ0) is 23.7. The van der Waals surface area contributed by atoms with E-state index in [1.807, 2.05) is 35.2 Å². The fraction of sp³-hybridized carbons (Fsp3) is 0.478. The van der Waals surface area contributed by atoms with Crippen molar-refractivity contribution in [3.8, 4) is 0 Å². The van der Waals surface area contributed by atoms with Crippen LogP contribution in [-0.2, 0) is 32.0 Å². The molecule has 3 aromatic rings. The number of imidazole rings is 1. The van der Waals surface area contributed by atoms with Gasteiger partial charge in [0.2, 0.25) is 11.9 Å². The minimum Gasteiger partial charge on any atom is -0.353 e. The summed E-state index contributed by atoms with van der Waals surface area (Å²) in [5.41, 5.74) is 0.863. The van der Waals surface area contributed by atoms with Gasteiger partial charge in [0.15, 0.2) is 11.2 Å². The van der Waals surface area contributed by atoms with Crippen molar-refractivity contribution in [1.82, 2.24) is 28.9 Å². The van der Waals surface area contributed by atoms with Crippen LogP contribution in [0.25, 0.3) is 11.2 Å². The van der Waals surface area contributed by atoms with Gasteiger partial charge in [-0.15, -0.1) is 0 Å². The van der Waals surface area contributed by atoms with Crippen LogP contribution >= 0.6 is 0 Å². The molecule has 0 radical (unpaired) electrons. The highest BCUT2D eigenvalue weighted by atomic mass is 16.2. The van der Waals surface area contributed by atoms with Gasteiger partial charge in [-0.3, -0.25) is 18.7 Å². The van der Waals surface area contributed by atoms with E-state index in [9.17, 15) is 14.4 Å². The minimum atomic E-state index is -0.504. The Bertz CT molecular complexity index is 1270. The van der Waals surface area contributed by atoms with Crippen LogP contribution in [0, 0.1) is 0 Å². The zero-order valence-corrected chi connectivity index (χ0v) is 19.6. The molecule has 1 N–H and O–H groups in total. The third-order valence-electron chi connectivity index (χ3n) is 6.44. The van der Waals surface area contributed by atoms with Crippen molar-refractivity contribution >= 4 is 23.0 Å². The quantitative estimate of drug-likeness (QED) is 0.526. The van der Waals surface area contributed by atoms with Gasteiger partial charge in [-0.2, -0.15) is 4.98 Å². The van der Waals surface area contributed by atoms with Crippen LogP contribution in [0.3, 0.4) is 0 Å². The molecule has 1 amide bonds. The normalized spacial score (nSPS) is 15.4. The number of anilines is 1. The van der Waals surface area contributed by atoms with E-state index in [0.717, 1.165) is 29.8 Å². The second-order valence-electron chi connectivity index (χ2n) is 8.35. The van der Waals surface area contributed by atoms with Gasteiger partial charge in [0.1, 0.15) is 6.04 Å². The molecule has 0 saturated carbocycles. The summed E-state index contributed by atoms with van der Waals surface area (Å²) >= 11 is 0. The van der Waals surface area contributed by atoms with Crippen molar-refractivity contribution in [2.24, 2.45) is 14.1 Å². The standard InChI is InChI=1S/C23H31N7O3/c1-5-28(6-2)13-12-24-20(31)17-15-30-18-19(26(3)23(33)27(4)21(18)32)25-22(30)29(17)14-16-10-8-7-9-11-16/h7-11,17H,5-6,12-15H2,1-4H3,(H,24,31). The summed E-state index contributed by atoms with van der Waals surface area (Å²) in [5.74, 6) is 0.425. The number of nitrogens with zero attached hydrogens (tertiary/aromatic N) is 6. The number of aryl methyl sites for hydroxylation is 1. The smallest absolute Gasteiger partial charge is 0.332 e. The van der Waals surface area contributed by atoms with E-state index in [-0.39, 0.29) is 5.91 Å². The van der Waals surface area contributed by atoms with Crippen LogP contribution in [0.4, 0.5) is 5.95 Å². The van der Waals surface area contributed by atoms with Gasteiger partial charge < -0.3 is 19.7 Å². The topological polar surface area (TPSA) is 97.4 Å². The Morgan fingerprint density at radius 1 is 1.12 bits per heavy atom. The third kappa shape index (κ3) is 4.06. The molecule has 10 heteroatoms. The molecule has 0 aliphatic carbocycles. The number of benzene rings is 1. The molecule has 0 saturated heterocycles. The van der Waals surface area contributed by atoms with E-state index in [1.54, 1.807) is 11.6 Å². The average Bonchev–Trinajstić information content (AvgIpc) is 3.37. The lowest BCUT2D eigenvalue weighted by atomic mass is 10.2. The molecule has 0 spiro atoms. The van der Waals surface area contributed by atoms with Crippen LogP contribution < -0.4 is 21.5 Å². The number of fused-ring (bicyclic) bond motifs is 3. The Balaban J connectivity index is 1.70. The lowest BCUT2D eigenvalue weighted by molar-refractivity contribution is -0.122. The molecule has 33 heavy (non-hydrogen) atoms. The highest BCUT2D eigenvalue weighted by Crippen LogP contribution is 2.30. The van der Waals surface area contributed by atoms with Crippen molar-refractivity contribution in [3.63, 3.8) is 0 Å². The largest absolute Gasteiger partial charge is 0.353 e. The number of carbonyl (C=O) groups excluding carboxylic acids is 1. The summed E-state index contributed by atoms with van der Waals surface area (Å²) < 4.78 is 4.23. The van der Waals surface area contributed by atoms with E-state index in [0.29, 0.717) is 36.7 Å². The van der Waals surface area contributed by atoms with Crippen LogP contribution in [-0.4, -0.2) is 61.7 Å². The first-order valence-corrected chi connectivity index (χ1v) is 11.3. The first-order chi connectivity index (χ1) is 15.9. The molecule has 1 unspecified atom stereocenters. The Hall–Kier alpha value is -3.40. The number of aromatic nitrogens is 4. The number of carbonyl (C=O) groups is 1. The maximum absolute atomic E-state index is 13.2. The summed E-state index contributed by atoms with van der Waals surface area (Å²) in [6.45, 7) is 8.15. The van der Waals surface area contributed by atoms with Crippen molar-refractivity contribution < 1.29 is 4.79 Å². The minimum absolute atomic E-state index is 0.0987. The number of likely N-dealkylation sites (N-methyl/N-ethyl adjacent to an activating group) is 1. The molecule has 4 rings (SSSR count). The maximum Gasteiger partial charge on any atom is 0.332 e.